The molecule has 7 nitrogen and oxygen atoms in total. The van der Waals surface area contributed by atoms with E-state index in [1.807, 2.05) is 37.3 Å². The Morgan fingerprint density at radius 2 is 1.88 bits per heavy atom. The lowest BCUT2D eigenvalue weighted by molar-refractivity contribution is 0.0796. The van der Waals surface area contributed by atoms with E-state index in [-0.39, 0.29) is 21.4 Å². The van der Waals surface area contributed by atoms with Gasteiger partial charge in [0.15, 0.2) is 0 Å². The zero-order chi connectivity index (χ0) is 23.6. The minimum Gasteiger partial charge on any atom is -0.342 e. The first-order chi connectivity index (χ1) is 15.7. The molecular formula is C24H23ClN4O3S. The first-order valence-electron chi connectivity index (χ1n) is 10.3. The number of rotatable bonds is 7. The molecule has 4 aromatic rings. The molecule has 0 bridgehead atoms. The van der Waals surface area contributed by atoms with Crippen LogP contribution >= 0.6 is 11.6 Å². The third-order valence-corrected chi connectivity index (χ3v) is 6.93. The van der Waals surface area contributed by atoms with Gasteiger partial charge in [-0.3, -0.25) is 9.52 Å². The van der Waals surface area contributed by atoms with E-state index >= 15 is 0 Å². The van der Waals surface area contributed by atoms with E-state index in [0.717, 1.165) is 22.4 Å². The van der Waals surface area contributed by atoms with Gasteiger partial charge in [-0.25, -0.2) is 13.4 Å². The molecule has 0 spiro atoms. The number of sulfonamides is 1. The van der Waals surface area contributed by atoms with Crippen LogP contribution in [0, 0.1) is 6.92 Å². The Balaban J connectivity index is 1.50. The lowest BCUT2D eigenvalue weighted by atomic mass is 10.2. The third kappa shape index (κ3) is 5.18. The molecule has 4 rings (SSSR count). The number of aromatic nitrogens is 2. The fourth-order valence-electron chi connectivity index (χ4n) is 3.46. The van der Waals surface area contributed by atoms with Crippen molar-refractivity contribution < 1.29 is 13.2 Å². The van der Waals surface area contributed by atoms with Crippen LogP contribution in [0.5, 0.6) is 0 Å². The maximum Gasteiger partial charge on any atom is 0.261 e. The number of aromatic amines is 1. The number of hydrogen-bond donors (Lipinski definition) is 2. The summed E-state index contributed by atoms with van der Waals surface area (Å²) in [6.07, 6.45) is 0.515. The molecule has 170 valence electrons. The van der Waals surface area contributed by atoms with Crippen molar-refractivity contribution in [2.45, 2.75) is 18.2 Å². The van der Waals surface area contributed by atoms with E-state index < -0.39 is 10.0 Å². The normalized spacial score (nSPS) is 11.5. The average Bonchev–Trinajstić information content (AvgIpc) is 3.20. The van der Waals surface area contributed by atoms with Crippen LogP contribution in [-0.2, 0) is 16.4 Å². The summed E-state index contributed by atoms with van der Waals surface area (Å²) in [5.41, 5.74) is 3.29. The second-order valence-corrected chi connectivity index (χ2v) is 9.88. The number of carbonyl (C=O) groups is 1. The zero-order valence-corrected chi connectivity index (χ0v) is 19.7. The average molecular weight is 483 g/mol. The molecule has 0 aliphatic heterocycles. The summed E-state index contributed by atoms with van der Waals surface area (Å²) in [7, 11) is -2.25. The number of amides is 1. The van der Waals surface area contributed by atoms with Gasteiger partial charge in [0.2, 0.25) is 0 Å². The SMILES string of the molecule is Cc1cccc(NS(=O)(=O)c2ccc(Cl)c(C(=O)N(C)CCc3nc4ccccc4[nH]3)c2)c1. The summed E-state index contributed by atoms with van der Waals surface area (Å²) in [6, 6.07) is 18.8. The Bertz CT molecular complexity index is 1400. The summed E-state index contributed by atoms with van der Waals surface area (Å²) in [5, 5.41) is 0.185. The first-order valence-corrected chi connectivity index (χ1v) is 12.2. The van der Waals surface area contributed by atoms with Gasteiger partial charge < -0.3 is 9.88 Å². The molecule has 9 heteroatoms. The van der Waals surface area contributed by atoms with Gasteiger partial charge in [0.05, 0.1) is 26.5 Å². The van der Waals surface area contributed by atoms with Gasteiger partial charge in [-0.1, -0.05) is 35.9 Å². The number of halogens is 1. The zero-order valence-electron chi connectivity index (χ0n) is 18.2. The molecule has 2 N–H and O–H groups in total. The number of nitrogens with zero attached hydrogens (tertiary/aromatic N) is 2. The lowest BCUT2D eigenvalue weighted by Crippen LogP contribution is -2.29. The molecule has 0 saturated heterocycles. The molecular weight excluding hydrogens is 460 g/mol. The maximum absolute atomic E-state index is 13.0. The molecule has 0 atom stereocenters. The number of hydrogen-bond acceptors (Lipinski definition) is 4. The van der Waals surface area contributed by atoms with Crippen molar-refractivity contribution in [3.8, 4) is 0 Å². The number of H-pyrrole nitrogens is 1. The highest BCUT2D eigenvalue weighted by atomic mass is 35.5. The molecule has 0 aliphatic carbocycles. The predicted molar refractivity (Wildman–Crippen MR) is 130 cm³/mol. The highest BCUT2D eigenvalue weighted by Crippen LogP contribution is 2.24. The number of fused-ring (bicyclic) bond motifs is 1. The topological polar surface area (TPSA) is 95.2 Å². The lowest BCUT2D eigenvalue weighted by Gasteiger charge is -2.18. The summed E-state index contributed by atoms with van der Waals surface area (Å²) in [4.78, 5) is 22.3. The van der Waals surface area contributed by atoms with Crippen molar-refractivity contribution in [1.29, 1.82) is 0 Å². The Morgan fingerprint density at radius 3 is 2.64 bits per heavy atom. The minimum atomic E-state index is -3.89. The Kier molecular flexibility index (Phi) is 6.40. The van der Waals surface area contributed by atoms with Gasteiger partial charge >= 0.3 is 0 Å². The van der Waals surface area contributed by atoms with Crippen molar-refractivity contribution in [3.63, 3.8) is 0 Å². The van der Waals surface area contributed by atoms with Gasteiger partial charge in [0.25, 0.3) is 15.9 Å². The number of likely N-dealkylation sites (N-methyl/N-ethyl adjacent to an activating group) is 1. The molecule has 3 aromatic carbocycles. The van der Waals surface area contributed by atoms with E-state index in [1.54, 1.807) is 25.2 Å². The molecule has 0 aliphatic rings. The van der Waals surface area contributed by atoms with Crippen LogP contribution in [0.1, 0.15) is 21.7 Å². The van der Waals surface area contributed by atoms with Gasteiger partial charge in [0, 0.05) is 25.7 Å². The van der Waals surface area contributed by atoms with Crippen molar-refractivity contribution >= 4 is 44.3 Å². The second kappa shape index (κ2) is 9.25. The number of carbonyl (C=O) groups excluding carboxylic acids is 1. The molecule has 1 amide bonds. The van der Waals surface area contributed by atoms with Crippen LogP contribution < -0.4 is 4.72 Å². The smallest absolute Gasteiger partial charge is 0.261 e. The number of imidazole rings is 1. The summed E-state index contributed by atoms with van der Waals surface area (Å²) in [5.74, 6) is 0.393. The number of nitrogens with one attached hydrogen (secondary N) is 2. The highest BCUT2D eigenvalue weighted by Gasteiger charge is 2.21. The number of aryl methyl sites for hydroxylation is 1. The Hall–Kier alpha value is -3.36. The molecule has 33 heavy (non-hydrogen) atoms. The van der Waals surface area contributed by atoms with Gasteiger partial charge in [-0.15, -0.1) is 0 Å². The van der Waals surface area contributed by atoms with E-state index in [4.69, 9.17) is 11.6 Å². The quantitative estimate of drug-likeness (QED) is 0.401. The second-order valence-electron chi connectivity index (χ2n) is 7.79. The van der Waals surface area contributed by atoms with Crippen LogP contribution in [-0.4, -0.2) is 42.8 Å². The Labute approximate surface area is 197 Å². The summed E-state index contributed by atoms with van der Waals surface area (Å²) in [6.45, 7) is 2.26. The summed E-state index contributed by atoms with van der Waals surface area (Å²) >= 11 is 6.26. The number of anilines is 1. The predicted octanol–water partition coefficient (Wildman–Crippen LogP) is 4.64. The van der Waals surface area contributed by atoms with E-state index in [1.165, 1.54) is 23.1 Å². The monoisotopic (exact) mass is 482 g/mol. The number of benzene rings is 3. The van der Waals surface area contributed by atoms with Crippen molar-refractivity contribution in [1.82, 2.24) is 14.9 Å². The Morgan fingerprint density at radius 1 is 1.09 bits per heavy atom. The van der Waals surface area contributed by atoms with Gasteiger partial charge in [0.1, 0.15) is 5.82 Å². The fourth-order valence-corrected chi connectivity index (χ4v) is 4.74. The fraction of sp³-hybridized carbons (Fsp3) is 0.167. The van der Waals surface area contributed by atoms with Crippen LogP contribution in [0.3, 0.4) is 0 Å². The van der Waals surface area contributed by atoms with Crippen LogP contribution in [0.25, 0.3) is 11.0 Å². The van der Waals surface area contributed by atoms with Crippen LogP contribution in [0.2, 0.25) is 5.02 Å². The maximum atomic E-state index is 13.0. The van der Waals surface area contributed by atoms with Crippen LogP contribution in [0.4, 0.5) is 5.69 Å². The van der Waals surface area contributed by atoms with E-state index in [2.05, 4.69) is 14.7 Å². The molecule has 0 fully saturated rings. The largest absolute Gasteiger partial charge is 0.342 e. The first kappa shape index (κ1) is 22.8. The number of para-hydroxylation sites is 2. The van der Waals surface area contributed by atoms with Crippen molar-refractivity contribution in [2.75, 3.05) is 18.3 Å². The molecule has 0 unspecified atom stereocenters. The molecule has 0 saturated carbocycles. The standard InChI is InChI=1S/C24H23ClN4O3S/c1-16-6-5-7-17(14-16)28-33(31,32)18-10-11-20(25)19(15-18)24(30)29(2)13-12-23-26-21-8-3-4-9-22(21)27-23/h3-11,14-15,28H,12-13H2,1-2H3,(H,26,27). The highest BCUT2D eigenvalue weighted by molar-refractivity contribution is 7.92. The van der Waals surface area contributed by atoms with Gasteiger partial charge in [-0.05, 0) is 55.0 Å². The van der Waals surface area contributed by atoms with Crippen molar-refractivity contribution in [2.24, 2.45) is 0 Å². The molecule has 0 radical (unpaired) electrons. The van der Waals surface area contributed by atoms with E-state index in [9.17, 15) is 13.2 Å². The van der Waals surface area contributed by atoms with Gasteiger partial charge in [-0.2, -0.15) is 0 Å². The minimum absolute atomic E-state index is 0.0394. The van der Waals surface area contributed by atoms with Crippen molar-refractivity contribution in [3.05, 3.63) is 88.7 Å². The van der Waals surface area contributed by atoms with E-state index in [0.29, 0.717) is 18.7 Å². The molecule has 1 aromatic heterocycles. The van der Waals surface area contributed by atoms with Crippen LogP contribution in [0.15, 0.2) is 71.6 Å². The third-order valence-electron chi connectivity index (χ3n) is 5.22. The summed E-state index contributed by atoms with van der Waals surface area (Å²) < 4.78 is 28.3. The molecule has 1 heterocycles.